The highest BCUT2D eigenvalue weighted by Crippen LogP contribution is 2.31. The zero-order valence-corrected chi connectivity index (χ0v) is 11.7. The van der Waals surface area contributed by atoms with Gasteiger partial charge in [-0.25, -0.2) is 0 Å². The third-order valence-electron chi connectivity index (χ3n) is 3.64. The lowest BCUT2D eigenvalue weighted by Gasteiger charge is -2.17. The molecule has 1 heterocycles. The van der Waals surface area contributed by atoms with Crippen LogP contribution in [0.25, 0.3) is 0 Å². The molecule has 0 fully saturated rings. The Morgan fingerprint density at radius 1 is 1.45 bits per heavy atom. The number of carbonyl (C=O) groups excluding carboxylic acids is 1. The molecule has 2 atom stereocenters. The standard InChI is InChI=1S/C15H16N2O2S/c16-15(19)10-5-11(20-8-10)7-17-14-12-4-2-1-3-9(12)6-13(14)18/h1-5,8,13-14,17-18H,6-7H2,(H2,16,19). The highest BCUT2D eigenvalue weighted by Gasteiger charge is 2.30. The Morgan fingerprint density at radius 3 is 3.00 bits per heavy atom. The first-order valence-electron chi connectivity index (χ1n) is 6.51. The van der Waals surface area contributed by atoms with Gasteiger partial charge in [-0.05, 0) is 17.2 Å². The van der Waals surface area contributed by atoms with Crippen molar-refractivity contribution in [2.24, 2.45) is 5.73 Å². The zero-order chi connectivity index (χ0) is 14.1. The van der Waals surface area contributed by atoms with Crippen molar-refractivity contribution in [1.29, 1.82) is 0 Å². The van der Waals surface area contributed by atoms with Gasteiger partial charge in [0.25, 0.3) is 0 Å². The molecule has 0 bridgehead atoms. The van der Waals surface area contributed by atoms with Gasteiger partial charge in [0.2, 0.25) is 5.91 Å². The summed E-state index contributed by atoms with van der Waals surface area (Å²) in [4.78, 5) is 12.1. The summed E-state index contributed by atoms with van der Waals surface area (Å²) in [6.07, 6.45) is 0.285. The lowest BCUT2D eigenvalue weighted by atomic mass is 10.1. The van der Waals surface area contributed by atoms with Crippen molar-refractivity contribution in [3.63, 3.8) is 0 Å². The minimum Gasteiger partial charge on any atom is -0.391 e. The van der Waals surface area contributed by atoms with Crippen molar-refractivity contribution in [3.8, 4) is 0 Å². The van der Waals surface area contributed by atoms with Crippen molar-refractivity contribution in [2.45, 2.75) is 25.1 Å². The van der Waals surface area contributed by atoms with Crippen molar-refractivity contribution in [2.75, 3.05) is 0 Å². The second kappa shape index (κ2) is 5.36. The number of fused-ring (bicyclic) bond motifs is 1. The van der Waals surface area contributed by atoms with E-state index in [1.54, 1.807) is 11.4 Å². The Hall–Kier alpha value is -1.69. The molecule has 1 aliphatic carbocycles. The summed E-state index contributed by atoms with van der Waals surface area (Å²) < 4.78 is 0. The summed E-state index contributed by atoms with van der Waals surface area (Å²) in [6, 6.07) is 9.83. The van der Waals surface area contributed by atoms with Crippen LogP contribution < -0.4 is 11.1 Å². The number of carbonyl (C=O) groups is 1. The van der Waals surface area contributed by atoms with Crippen LogP contribution in [0.4, 0.5) is 0 Å². The van der Waals surface area contributed by atoms with Crippen LogP contribution >= 0.6 is 11.3 Å². The maximum Gasteiger partial charge on any atom is 0.249 e. The summed E-state index contributed by atoms with van der Waals surface area (Å²) >= 11 is 1.50. The van der Waals surface area contributed by atoms with Gasteiger partial charge in [-0.2, -0.15) is 0 Å². The van der Waals surface area contributed by atoms with Gasteiger partial charge < -0.3 is 16.2 Å². The van der Waals surface area contributed by atoms with Crippen LogP contribution in [0.15, 0.2) is 35.7 Å². The van der Waals surface area contributed by atoms with Crippen molar-refractivity contribution in [1.82, 2.24) is 5.32 Å². The summed E-state index contributed by atoms with van der Waals surface area (Å²) in [6.45, 7) is 0.619. The SMILES string of the molecule is NC(=O)c1csc(CNC2c3ccccc3CC2O)c1. The largest absolute Gasteiger partial charge is 0.391 e. The quantitative estimate of drug-likeness (QED) is 0.800. The third-order valence-corrected chi connectivity index (χ3v) is 4.58. The van der Waals surface area contributed by atoms with E-state index in [1.165, 1.54) is 16.9 Å². The molecule has 3 rings (SSSR count). The second-order valence-corrected chi connectivity index (χ2v) is 5.99. The number of rotatable bonds is 4. The molecule has 5 heteroatoms. The van der Waals surface area contributed by atoms with Gasteiger partial charge in [-0.15, -0.1) is 11.3 Å². The molecule has 1 amide bonds. The number of nitrogens with one attached hydrogen (secondary N) is 1. The average molecular weight is 288 g/mol. The van der Waals surface area contributed by atoms with Crippen molar-refractivity contribution < 1.29 is 9.90 Å². The van der Waals surface area contributed by atoms with Crippen LogP contribution in [-0.2, 0) is 13.0 Å². The lowest BCUT2D eigenvalue weighted by Crippen LogP contribution is -2.28. The number of primary amides is 1. The summed E-state index contributed by atoms with van der Waals surface area (Å²) in [5.74, 6) is -0.404. The molecule has 1 aromatic heterocycles. The lowest BCUT2D eigenvalue weighted by molar-refractivity contribution is 0.100. The Labute approximate surface area is 121 Å². The van der Waals surface area contributed by atoms with Crippen LogP contribution in [0, 0.1) is 0 Å². The zero-order valence-electron chi connectivity index (χ0n) is 10.9. The Morgan fingerprint density at radius 2 is 2.25 bits per heavy atom. The molecule has 1 aliphatic rings. The van der Waals surface area contributed by atoms with E-state index in [2.05, 4.69) is 11.4 Å². The maximum atomic E-state index is 11.1. The minimum atomic E-state index is -0.404. The number of hydrogen-bond donors (Lipinski definition) is 3. The van der Waals surface area contributed by atoms with Gasteiger partial charge in [0, 0.05) is 23.2 Å². The molecule has 20 heavy (non-hydrogen) atoms. The summed E-state index contributed by atoms with van der Waals surface area (Å²) in [5.41, 5.74) is 8.13. The summed E-state index contributed by atoms with van der Waals surface area (Å²) in [7, 11) is 0. The van der Waals surface area contributed by atoms with E-state index < -0.39 is 12.0 Å². The third kappa shape index (κ3) is 2.47. The normalized spacial score (nSPS) is 20.9. The Balaban J connectivity index is 1.70. The first-order valence-corrected chi connectivity index (χ1v) is 7.39. The first-order chi connectivity index (χ1) is 9.65. The molecule has 1 aromatic carbocycles. The fourth-order valence-electron chi connectivity index (χ4n) is 2.63. The Bertz CT molecular complexity index is 638. The van der Waals surface area contributed by atoms with Crippen LogP contribution in [0.1, 0.15) is 32.4 Å². The number of thiophene rings is 1. The Kier molecular flexibility index (Phi) is 3.56. The first kappa shape index (κ1) is 13.3. The number of hydrogen-bond acceptors (Lipinski definition) is 4. The number of aliphatic hydroxyl groups excluding tert-OH is 1. The second-order valence-electron chi connectivity index (χ2n) is 4.99. The predicted octanol–water partition coefficient (Wildman–Crippen LogP) is 1.59. The van der Waals surface area contributed by atoms with E-state index >= 15 is 0 Å². The highest BCUT2D eigenvalue weighted by atomic mass is 32.1. The molecule has 2 aromatic rings. The number of amides is 1. The molecule has 0 spiro atoms. The van der Waals surface area contributed by atoms with E-state index in [1.807, 2.05) is 18.2 Å². The highest BCUT2D eigenvalue weighted by molar-refractivity contribution is 7.10. The van der Waals surface area contributed by atoms with E-state index in [9.17, 15) is 9.90 Å². The van der Waals surface area contributed by atoms with Crippen LogP contribution in [0.3, 0.4) is 0 Å². The monoisotopic (exact) mass is 288 g/mol. The van der Waals surface area contributed by atoms with Crippen LogP contribution in [0.5, 0.6) is 0 Å². The molecule has 0 saturated carbocycles. The fraction of sp³-hybridized carbons (Fsp3) is 0.267. The molecule has 0 radical (unpaired) electrons. The van der Waals surface area contributed by atoms with E-state index in [4.69, 9.17) is 5.73 Å². The van der Waals surface area contributed by atoms with E-state index in [0.29, 0.717) is 18.5 Å². The minimum absolute atomic E-state index is 0.0506. The molecule has 4 N–H and O–H groups in total. The van der Waals surface area contributed by atoms with Gasteiger partial charge in [-0.1, -0.05) is 24.3 Å². The van der Waals surface area contributed by atoms with E-state index in [0.717, 1.165) is 10.4 Å². The molecular weight excluding hydrogens is 272 g/mol. The van der Waals surface area contributed by atoms with Gasteiger partial charge in [0.1, 0.15) is 0 Å². The molecule has 4 nitrogen and oxygen atoms in total. The fourth-order valence-corrected chi connectivity index (χ4v) is 3.46. The molecule has 0 aliphatic heterocycles. The van der Waals surface area contributed by atoms with E-state index in [-0.39, 0.29) is 6.04 Å². The van der Waals surface area contributed by atoms with Gasteiger partial charge in [-0.3, -0.25) is 4.79 Å². The van der Waals surface area contributed by atoms with Gasteiger partial charge >= 0.3 is 0 Å². The van der Waals surface area contributed by atoms with Crippen LogP contribution in [0.2, 0.25) is 0 Å². The molecule has 2 unspecified atom stereocenters. The maximum absolute atomic E-state index is 11.1. The topological polar surface area (TPSA) is 75.4 Å². The predicted molar refractivity (Wildman–Crippen MR) is 78.6 cm³/mol. The number of benzene rings is 1. The van der Waals surface area contributed by atoms with Gasteiger partial charge in [0.05, 0.1) is 17.7 Å². The van der Waals surface area contributed by atoms with Crippen LogP contribution in [-0.4, -0.2) is 17.1 Å². The average Bonchev–Trinajstić information content (AvgIpc) is 3.00. The van der Waals surface area contributed by atoms with Crippen molar-refractivity contribution >= 4 is 17.2 Å². The van der Waals surface area contributed by atoms with Gasteiger partial charge in [0.15, 0.2) is 0 Å². The molecular formula is C15H16N2O2S. The van der Waals surface area contributed by atoms with Crippen molar-refractivity contribution in [3.05, 3.63) is 57.3 Å². The number of aliphatic hydroxyl groups is 1. The smallest absolute Gasteiger partial charge is 0.249 e. The molecule has 104 valence electrons. The summed E-state index contributed by atoms with van der Waals surface area (Å²) in [5, 5.41) is 15.3. The molecule has 0 saturated heterocycles. The number of nitrogens with two attached hydrogens (primary N) is 1.